The summed E-state index contributed by atoms with van der Waals surface area (Å²) < 4.78 is 0. The van der Waals surface area contributed by atoms with Crippen LogP contribution in [0.1, 0.15) is 26.3 Å². The van der Waals surface area contributed by atoms with Gasteiger partial charge < -0.3 is 20.9 Å². The van der Waals surface area contributed by atoms with E-state index >= 15 is 0 Å². The average molecular weight is 319 g/mol. The van der Waals surface area contributed by atoms with Crippen molar-refractivity contribution >= 4 is 11.7 Å². The van der Waals surface area contributed by atoms with E-state index in [0.717, 1.165) is 37.6 Å². The summed E-state index contributed by atoms with van der Waals surface area (Å²) in [5.41, 5.74) is 6.69. The standard InChI is InChI=1S/C17H29N5O/c1-17(2,3)15(18)16(23)20-12-13-5-6-14(19-11-13)22-9-7-21(4)8-10-22/h5-6,11,15H,7-10,12,18H2,1-4H3,(H,20,23)/t15-/m1/s1. The van der Waals surface area contributed by atoms with Gasteiger partial charge in [0, 0.05) is 38.9 Å². The van der Waals surface area contributed by atoms with Gasteiger partial charge in [-0.2, -0.15) is 0 Å². The summed E-state index contributed by atoms with van der Waals surface area (Å²) in [6, 6.07) is 3.53. The topological polar surface area (TPSA) is 74.5 Å². The molecule has 3 N–H and O–H groups in total. The quantitative estimate of drug-likeness (QED) is 0.859. The van der Waals surface area contributed by atoms with E-state index in [1.807, 2.05) is 39.1 Å². The van der Waals surface area contributed by atoms with Gasteiger partial charge in [-0.15, -0.1) is 0 Å². The van der Waals surface area contributed by atoms with Gasteiger partial charge in [-0.1, -0.05) is 26.8 Å². The van der Waals surface area contributed by atoms with Crippen LogP contribution in [-0.4, -0.2) is 55.1 Å². The summed E-state index contributed by atoms with van der Waals surface area (Å²) in [6.45, 7) is 10.5. The van der Waals surface area contributed by atoms with Crippen molar-refractivity contribution in [3.8, 4) is 0 Å². The lowest BCUT2D eigenvalue weighted by Gasteiger charge is -2.33. The molecule has 23 heavy (non-hydrogen) atoms. The number of carbonyl (C=O) groups is 1. The Balaban J connectivity index is 1.87. The predicted molar refractivity (Wildman–Crippen MR) is 93.2 cm³/mol. The third kappa shape index (κ3) is 4.91. The van der Waals surface area contributed by atoms with Gasteiger partial charge in [0.2, 0.25) is 5.91 Å². The summed E-state index contributed by atoms with van der Waals surface area (Å²) in [4.78, 5) is 21.2. The molecule has 128 valence electrons. The van der Waals surface area contributed by atoms with Crippen LogP contribution < -0.4 is 16.0 Å². The fourth-order valence-corrected chi connectivity index (χ4v) is 2.44. The molecular formula is C17H29N5O. The number of likely N-dealkylation sites (N-methyl/N-ethyl adjacent to an activating group) is 1. The second-order valence-corrected chi connectivity index (χ2v) is 7.38. The highest BCUT2D eigenvalue weighted by molar-refractivity contribution is 5.82. The highest BCUT2D eigenvalue weighted by Gasteiger charge is 2.27. The summed E-state index contributed by atoms with van der Waals surface area (Å²) >= 11 is 0. The zero-order chi connectivity index (χ0) is 17.0. The number of nitrogens with zero attached hydrogens (tertiary/aromatic N) is 3. The van der Waals surface area contributed by atoms with Gasteiger partial charge in [-0.25, -0.2) is 4.98 Å². The fourth-order valence-electron chi connectivity index (χ4n) is 2.44. The van der Waals surface area contributed by atoms with Gasteiger partial charge in [0.05, 0.1) is 6.04 Å². The van der Waals surface area contributed by atoms with E-state index in [1.165, 1.54) is 0 Å². The van der Waals surface area contributed by atoms with Crippen molar-refractivity contribution in [3.05, 3.63) is 23.9 Å². The molecule has 1 fully saturated rings. The molecule has 6 heteroatoms. The maximum Gasteiger partial charge on any atom is 0.237 e. The van der Waals surface area contributed by atoms with E-state index in [0.29, 0.717) is 6.54 Å². The van der Waals surface area contributed by atoms with E-state index in [9.17, 15) is 4.79 Å². The molecule has 0 unspecified atom stereocenters. The largest absolute Gasteiger partial charge is 0.354 e. The molecule has 1 aromatic rings. The van der Waals surface area contributed by atoms with Crippen molar-refractivity contribution in [2.45, 2.75) is 33.4 Å². The van der Waals surface area contributed by atoms with Gasteiger partial charge in [0.15, 0.2) is 0 Å². The number of nitrogens with two attached hydrogens (primary N) is 1. The van der Waals surface area contributed by atoms with Crippen LogP contribution in [0.5, 0.6) is 0 Å². The number of hydrogen-bond donors (Lipinski definition) is 2. The molecule has 0 spiro atoms. The number of hydrogen-bond acceptors (Lipinski definition) is 5. The fraction of sp³-hybridized carbons (Fsp3) is 0.647. The first-order chi connectivity index (χ1) is 10.8. The van der Waals surface area contributed by atoms with Gasteiger partial charge in [0.1, 0.15) is 5.82 Å². The Morgan fingerprint density at radius 1 is 1.30 bits per heavy atom. The Morgan fingerprint density at radius 3 is 2.48 bits per heavy atom. The van der Waals surface area contributed by atoms with Crippen LogP contribution in [0.2, 0.25) is 0 Å². The zero-order valence-electron chi connectivity index (χ0n) is 14.7. The van der Waals surface area contributed by atoms with Crippen LogP contribution in [0.3, 0.4) is 0 Å². The maximum absolute atomic E-state index is 12.0. The molecule has 0 aliphatic carbocycles. The van der Waals surface area contributed by atoms with Crippen LogP contribution in [-0.2, 0) is 11.3 Å². The van der Waals surface area contributed by atoms with E-state index < -0.39 is 6.04 Å². The lowest BCUT2D eigenvalue weighted by atomic mass is 9.87. The van der Waals surface area contributed by atoms with E-state index in [1.54, 1.807) is 0 Å². The van der Waals surface area contributed by atoms with E-state index in [2.05, 4.69) is 27.1 Å². The highest BCUT2D eigenvalue weighted by atomic mass is 16.2. The molecule has 1 saturated heterocycles. The Kier molecular flexibility index (Phi) is 5.59. The Hall–Kier alpha value is -1.66. The van der Waals surface area contributed by atoms with Crippen LogP contribution in [0, 0.1) is 5.41 Å². The monoisotopic (exact) mass is 319 g/mol. The zero-order valence-corrected chi connectivity index (χ0v) is 14.7. The lowest BCUT2D eigenvalue weighted by Crippen LogP contribution is -2.48. The molecule has 0 aromatic carbocycles. The normalized spacial score (nSPS) is 17.9. The Bertz CT molecular complexity index is 515. The van der Waals surface area contributed by atoms with Crippen molar-refractivity contribution in [1.29, 1.82) is 0 Å². The molecule has 6 nitrogen and oxygen atoms in total. The third-order valence-electron chi connectivity index (χ3n) is 4.32. The number of aromatic nitrogens is 1. The molecule has 1 atom stereocenters. The first-order valence-corrected chi connectivity index (χ1v) is 8.19. The number of anilines is 1. The smallest absolute Gasteiger partial charge is 0.237 e. The summed E-state index contributed by atoms with van der Waals surface area (Å²) in [5, 5.41) is 2.89. The van der Waals surface area contributed by atoms with E-state index in [4.69, 9.17) is 5.73 Å². The number of piperazine rings is 1. The van der Waals surface area contributed by atoms with Crippen LogP contribution in [0.25, 0.3) is 0 Å². The minimum atomic E-state index is -0.514. The Morgan fingerprint density at radius 2 is 1.96 bits per heavy atom. The minimum absolute atomic E-state index is 0.124. The first-order valence-electron chi connectivity index (χ1n) is 8.19. The molecule has 1 aromatic heterocycles. The predicted octanol–water partition coefficient (Wildman–Crippen LogP) is 0.823. The average Bonchev–Trinajstić information content (AvgIpc) is 2.52. The van der Waals surface area contributed by atoms with Gasteiger partial charge in [-0.05, 0) is 24.1 Å². The molecular weight excluding hydrogens is 290 g/mol. The molecule has 2 heterocycles. The molecule has 1 aliphatic heterocycles. The van der Waals surface area contributed by atoms with Crippen molar-refractivity contribution in [2.24, 2.45) is 11.1 Å². The number of rotatable bonds is 4. The SMILES string of the molecule is CN1CCN(c2ccc(CNC(=O)[C@@H](N)C(C)(C)C)cn2)CC1. The van der Waals surface area contributed by atoms with Gasteiger partial charge >= 0.3 is 0 Å². The highest BCUT2D eigenvalue weighted by Crippen LogP contribution is 2.17. The maximum atomic E-state index is 12.0. The van der Waals surface area contributed by atoms with Crippen molar-refractivity contribution in [2.75, 3.05) is 38.1 Å². The molecule has 0 radical (unpaired) electrons. The van der Waals surface area contributed by atoms with E-state index in [-0.39, 0.29) is 11.3 Å². The number of carbonyl (C=O) groups excluding carboxylic acids is 1. The minimum Gasteiger partial charge on any atom is -0.354 e. The number of nitrogens with one attached hydrogen (secondary N) is 1. The van der Waals surface area contributed by atoms with Crippen molar-refractivity contribution in [1.82, 2.24) is 15.2 Å². The third-order valence-corrected chi connectivity index (χ3v) is 4.32. The lowest BCUT2D eigenvalue weighted by molar-refractivity contribution is -0.124. The van der Waals surface area contributed by atoms with Crippen molar-refractivity contribution < 1.29 is 4.79 Å². The Labute approximate surface area is 139 Å². The second kappa shape index (κ2) is 7.27. The molecule has 2 rings (SSSR count). The van der Waals surface area contributed by atoms with Crippen molar-refractivity contribution in [3.63, 3.8) is 0 Å². The summed E-state index contributed by atoms with van der Waals surface area (Å²) in [7, 11) is 2.14. The second-order valence-electron chi connectivity index (χ2n) is 7.38. The first kappa shape index (κ1) is 17.7. The molecule has 0 bridgehead atoms. The summed E-state index contributed by atoms with van der Waals surface area (Å²) in [6.07, 6.45) is 1.83. The van der Waals surface area contributed by atoms with Crippen LogP contribution >= 0.6 is 0 Å². The number of pyridine rings is 1. The van der Waals surface area contributed by atoms with Crippen LogP contribution in [0.4, 0.5) is 5.82 Å². The molecule has 1 amide bonds. The van der Waals surface area contributed by atoms with Gasteiger partial charge in [0.25, 0.3) is 0 Å². The number of amides is 1. The van der Waals surface area contributed by atoms with Crippen LogP contribution in [0.15, 0.2) is 18.3 Å². The summed E-state index contributed by atoms with van der Waals surface area (Å²) in [5.74, 6) is 0.875. The molecule has 0 saturated carbocycles. The molecule has 1 aliphatic rings. The van der Waals surface area contributed by atoms with Gasteiger partial charge in [-0.3, -0.25) is 4.79 Å².